The molecule has 1 aliphatic heterocycles. The molecule has 1 fully saturated rings. The fourth-order valence-electron chi connectivity index (χ4n) is 2.14. The van der Waals surface area contributed by atoms with E-state index in [4.69, 9.17) is 4.74 Å². The third kappa shape index (κ3) is 2.44. The Kier molecular flexibility index (Phi) is 3.30. The van der Waals surface area contributed by atoms with E-state index in [1.807, 2.05) is 11.7 Å². The Morgan fingerprint density at radius 1 is 1.62 bits per heavy atom. The fourth-order valence-corrected chi connectivity index (χ4v) is 2.14. The van der Waals surface area contributed by atoms with Gasteiger partial charge in [0.2, 0.25) is 0 Å². The van der Waals surface area contributed by atoms with E-state index >= 15 is 0 Å². The summed E-state index contributed by atoms with van der Waals surface area (Å²) in [5.74, 6) is 0. The van der Waals surface area contributed by atoms with Gasteiger partial charge in [0.05, 0.1) is 12.3 Å². The molecule has 1 saturated heterocycles. The summed E-state index contributed by atoms with van der Waals surface area (Å²) in [5, 5.41) is 8.03. The first-order valence-corrected chi connectivity index (χ1v) is 5.97. The molecule has 0 bridgehead atoms. The molecule has 16 heavy (non-hydrogen) atoms. The highest BCUT2D eigenvalue weighted by atomic mass is 16.5. The van der Waals surface area contributed by atoms with E-state index < -0.39 is 0 Å². The van der Waals surface area contributed by atoms with Crippen molar-refractivity contribution in [1.82, 2.24) is 15.1 Å². The summed E-state index contributed by atoms with van der Waals surface area (Å²) in [6, 6.07) is 0. The lowest BCUT2D eigenvalue weighted by Gasteiger charge is -2.23. The third-order valence-corrected chi connectivity index (χ3v) is 3.25. The minimum atomic E-state index is 0.140. The molecular weight excluding hydrogens is 202 g/mol. The second-order valence-electron chi connectivity index (χ2n) is 4.85. The average molecular weight is 223 g/mol. The van der Waals surface area contributed by atoms with Crippen molar-refractivity contribution in [2.75, 3.05) is 13.2 Å². The van der Waals surface area contributed by atoms with Crippen LogP contribution in [-0.4, -0.2) is 28.5 Å². The molecule has 0 saturated carbocycles. The maximum absolute atomic E-state index is 5.43. The highest BCUT2D eigenvalue weighted by Crippen LogP contribution is 2.18. The van der Waals surface area contributed by atoms with Gasteiger partial charge in [0.25, 0.3) is 0 Å². The van der Waals surface area contributed by atoms with Crippen LogP contribution in [-0.2, 0) is 24.8 Å². The van der Waals surface area contributed by atoms with Crippen molar-refractivity contribution in [2.45, 2.75) is 38.8 Å². The first kappa shape index (κ1) is 11.6. The van der Waals surface area contributed by atoms with Crippen LogP contribution in [0.15, 0.2) is 6.20 Å². The van der Waals surface area contributed by atoms with Gasteiger partial charge in [0, 0.05) is 37.5 Å². The first-order chi connectivity index (χ1) is 7.63. The van der Waals surface area contributed by atoms with E-state index in [2.05, 4.69) is 30.5 Å². The quantitative estimate of drug-likeness (QED) is 0.835. The molecule has 2 heterocycles. The van der Waals surface area contributed by atoms with Gasteiger partial charge >= 0.3 is 0 Å². The molecule has 0 amide bonds. The van der Waals surface area contributed by atoms with Crippen LogP contribution in [0.1, 0.15) is 31.5 Å². The molecule has 90 valence electrons. The highest BCUT2D eigenvalue weighted by Gasteiger charge is 2.29. The topological polar surface area (TPSA) is 39.1 Å². The van der Waals surface area contributed by atoms with Crippen molar-refractivity contribution in [3.63, 3.8) is 0 Å². The summed E-state index contributed by atoms with van der Waals surface area (Å²) in [6.07, 6.45) is 4.19. The highest BCUT2D eigenvalue weighted by molar-refractivity contribution is 5.17. The normalized spacial score (nSPS) is 25.2. The Labute approximate surface area is 97.0 Å². The number of aromatic nitrogens is 2. The van der Waals surface area contributed by atoms with Crippen LogP contribution in [0.2, 0.25) is 0 Å². The number of aryl methyl sites for hydroxylation is 2. The molecule has 1 atom stereocenters. The maximum Gasteiger partial charge on any atom is 0.0666 e. The minimum absolute atomic E-state index is 0.140. The second kappa shape index (κ2) is 4.55. The molecule has 4 nitrogen and oxygen atoms in total. The van der Waals surface area contributed by atoms with Gasteiger partial charge in [0.15, 0.2) is 0 Å². The summed E-state index contributed by atoms with van der Waals surface area (Å²) < 4.78 is 7.32. The minimum Gasteiger partial charge on any atom is -0.379 e. The van der Waals surface area contributed by atoms with Crippen LogP contribution in [0.4, 0.5) is 0 Å². The Balaban J connectivity index is 1.98. The lowest BCUT2D eigenvalue weighted by atomic mass is 10.0. The van der Waals surface area contributed by atoms with E-state index in [0.717, 1.165) is 32.6 Å². The van der Waals surface area contributed by atoms with Crippen LogP contribution in [0.3, 0.4) is 0 Å². The Hall–Kier alpha value is -0.870. The van der Waals surface area contributed by atoms with Gasteiger partial charge in [-0.25, -0.2) is 0 Å². The molecule has 1 unspecified atom stereocenters. The number of ether oxygens (including phenoxy) is 1. The van der Waals surface area contributed by atoms with Crippen molar-refractivity contribution in [2.24, 2.45) is 7.05 Å². The summed E-state index contributed by atoms with van der Waals surface area (Å²) in [6.45, 7) is 6.94. The first-order valence-electron chi connectivity index (χ1n) is 5.97. The van der Waals surface area contributed by atoms with Gasteiger partial charge in [-0.1, -0.05) is 6.92 Å². The number of hydrogen-bond acceptors (Lipinski definition) is 3. The van der Waals surface area contributed by atoms with Crippen molar-refractivity contribution in [3.05, 3.63) is 17.5 Å². The molecule has 0 aliphatic carbocycles. The van der Waals surface area contributed by atoms with Crippen molar-refractivity contribution in [1.29, 1.82) is 0 Å². The molecule has 0 aromatic carbocycles. The Morgan fingerprint density at radius 3 is 3.06 bits per heavy atom. The van der Waals surface area contributed by atoms with Gasteiger partial charge in [-0.05, 0) is 19.8 Å². The van der Waals surface area contributed by atoms with Crippen molar-refractivity contribution in [3.8, 4) is 0 Å². The SMILES string of the molecule is CCc1nn(C)cc1CNC1(C)CCOC1. The third-order valence-electron chi connectivity index (χ3n) is 3.25. The van der Waals surface area contributed by atoms with Gasteiger partial charge < -0.3 is 10.1 Å². The van der Waals surface area contributed by atoms with Crippen LogP contribution in [0.25, 0.3) is 0 Å². The molecule has 2 rings (SSSR count). The van der Waals surface area contributed by atoms with Gasteiger partial charge in [-0.2, -0.15) is 5.10 Å². The maximum atomic E-state index is 5.43. The fraction of sp³-hybridized carbons (Fsp3) is 0.750. The number of nitrogens with one attached hydrogen (secondary N) is 1. The molecule has 1 aromatic rings. The zero-order chi connectivity index (χ0) is 11.6. The second-order valence-corrected chi connectivity index (χ2v) is 4.85. The largest absolute Gasteiger partial charge is 0.379 e. The van der Waals surface area contributed by atoms with E-state index in [9.17, 15) is 0 Å². The van der Waals surface area contributed by atoms with Gasteiger partial charge in [-0.3, -0.25) is 4.68 Å². The van der Waals surface area contributed by atoms with Gasteiger partial charge in [0.1, 0.15) is 0 Å². The van der Waals surface area contributed by atoms with Crippen LogP contribution in [0, 0.1) is 0 Å². The van der Waals surface area contributed by atoms with Gasteiger partial charge in [-0.15, -0.1) is 0 Å². The smallest absolute Gasteiger partial charge is 0.0666 e. The predicted octanol–water partition coefficient (Wildman–Crippen LogP) is 1.25. The van der Waals surface area contributed by atoms with Crippen LogP contribution < -0.4 is 5.32 Å². The molecule has 1 aliphatic rings. The average Bonchev–Trinajstić information content (AvgIpc) is 2.82. The lowest BCUT2D eigenvalue weighted by Crippen LogP contribution is -2.42. The number of nitrogens with zero attached hydrogens (tertiary/aromatic N) is 2. The van der Waals surface area contributed by atoms with Crippen molar-refractivity contribution >= 4 is 0 Å². The molecule has 0 radical (unpaired) electrons. The Morgan fingerprint density at radius 2 is 2.44 bits per heavy atom. The molecule has 1 aromatic heterocycles. The monoisotopic (exact) mass is 223 g/mol. The molecule has 0 spiro atoms. The van der Waals surface area contributed by atoms with Crippen LogP contribution in [0.5, 0.6) is 0 Å². The van der Waals surface area contributed by atoms with E-state index in [0.29, 0.717) is 0 Å². The molecule has 4 heteroatoms. The van der Waals surface area contributed by atoms with E-state index in [1.165, 1.54) is 11.3 Å². The van der Waals surface area contributed by atoms with Crippen molar-refractivity contribution < 1.29 is 4.74 Å². The molecular formula is C12H21N3O. The van der Waals surface area contributed by atoms with E-state index in [1.54, 1.807) is 0 Å². The zero-order valence-electron chi connectivity index (χ0n) is 10.4. The summed E-state index contributed by atoms with van der Waals surface area (Å²) >= 11 is 0. The summed E-state index contributed by atoms with van der Waals surface area (Å²) in [5.41, 5.74) is 2.64. The standard InChI is InChI=1S/C12H21N3O/c1-4-11-10(8-15(3)14-11)7-13-12(2)5-6-16-9-12/h8,13H,4-7,9H2,1-3H3. The zero-order valence-corrected chi connectivity index (χ0v) is 10.4. The number of hydrogen-bond donors (Lipinski definition) is 1. The summed E-state index contributed by atoms with van der Waals surface area (Å²) in [4.78, 5) is 0. The molecule has 1 N–H and O–H groups in total. The lowest BCUT2D eigenvalue weighted by molar-refractivity contribution is 0.171. The number of rotatable bonds is 4. The van der Waals surface area contributed by atoms with E-state index in [-0.39, 0.29) is 5.54 Å². The predicted molar refractivity (Wildman–Crippen MR) is 63.3 cm³/mol. The van der Waals surface area contributed by atoms with Crippen LogP contribution >= 0.6 is 0 Å². The summed E-state index contributed by atoms with van der Waals surface area (Å²) in [7, 11) is 1.98. The Bertz CT molecular complexity index is 353.